The van der Waals surface area contributed by atoms with E-state index in [1.165, 1.54) is 24.6 Å². The molecular formula is C17H16F6N2. The Balaban J connectivity index is 2.20. The second-order valence-corrected chi connectivity index (χ2v) is 7.30. The Hall–Kier alpha value is -1.86. The van der Waals surface area contributed by atoms with E-state index in [-0.39, 0.29) is 11.1 Å². The molecule has 8 heteroatoms. The third-order valence-electron chi connectivity index (χ3n) is 6.54. The molecule has 4 rings (SSSR count). The van der Waals surface area contributed by atoms with Gasteiger partial charge in [-0.05, 0) is 37.1 Å². The molecule has 136 valence electrons. The average molecular weight is 362 g/mol. The first-order chi connectivity index (χ1) is 11.3. The highest BCUT2D eigenvalue weighted by Crippen LogP contribution is 2.69. The molecule has 0 radical (unpaired) electrons. The molecule has 0 aromatic heterocycles. The molecule has 0 spiro atoms. The molecule has 0 bridgehead atoms. The lowest BCUT2D eigenvalue weighted by Crippen LogP contribution is -2.65. The number of hydrogen-bond acceptors (Lipinski definition) is 2. The molecule has 2 nitrogen and oxygen atoms in total. The van der Waals surface area contributed by atoms with E-state index in [2.05, 4.69) is 0 Å². The third-order valence-corrected chi connectivity index (χ3v) is 6.54. The Morgan fingerprint density at radius 3 is 1.32 bits per heavy atom. The van der Waals surface area contributed by atoms with Crippen molar-refractivity contribution in [2.75, 3.05) is 14.1 Å². The van der Waals surface area contributed by atoms with E-state index in [1.807, 2.05) is 0 Å². The number of likely N-dealkylation sites (N-methyl/N-ethyl adjacent to an activating group) is 2. The monoisotopic (exact) mass is 362 g/mol. The van der Waals surface area contributed by atoms with Crippen molar-refractivity contribution in [3.8, 4) is 0 Å². The number of rotatable bonds is 0. The summed E-state index contributed by atoms with van der Waals surface area (Å²) in [6.45, 7) is 3.22. The number of fused-ring (bicyclic) bond motifs is 4. The van der Waals surface area contributed by atoms with Crippen molar-refractivity contribution in [3.63, 3.8) is 0 Å². The summed E-state index contributed by atoms with van der Waals surface area (Å²) in [6.07, 6.45) is 5.42. The molecular weight excluding hydrogens is 346 g/mol. The lowest BCUT2D eigenvalue weighted by Gasteiger charge is -2.55. The van der Waals surface area contributed by atoms with Gasteiger partial charge in [-0.15, -0.1) is 0 Å². The van der Waals surface area contributed by atoms with Crippen LogP contribution in [0.15, 0.2) is 46.8 Å². The third kappa shape index (κ3) is 1.30. The summed E-state index contributed by atoms with van der Waals surface area (Å²) in [5, 5.41) is 0. The van der Waals surface area contributed by atoms with Crippen molar-refractivity contribution >= 4 is 0 Å². The maximum atomic E-state index is 14.6. The van der Waals surface area contributed by atoms with Crippen LogP contribution in [0.1, 0.15) is 13.8 Å². The van der Waals surface area contributed by atoms with Crippen LogP contribution in [0, 0.1) is 0 Å². The van der Waals surface area contributed by atoms with Crippen LogP contribution in [-0.4, -0.2) is 52.7 Å². The minimum atomic E-state index is -5.49. The molecule has 0 N–H and O–H groups in total. The van der Waals surface area contributed by atoms with Crippen LogP contribution in [0.25, 0.3) is 0 Å². The molecule has 2 aliphatic carbocycles. The summed E-state index contributed by atoms with van der Waals surface area (Å²) >= 11 is 0. The molecule has 2 heterocycles. The van der Waals surface area contributed by atoms with Crippen LogP contribution in [0.3, 0.4) is 0 Å². The topological polar surface area (TPSA) is 6.48 Å². The quantitative estimate of drug-likeness (QED) is 0.602. The van der Waals surface area contributed by atoms with Gasteiger partial charge in [-0.2, -0.15) is 26.3 Å². The van der Waals surface area contributed by atoms with Gasteiger partial charge in [-0.25, -0.2) is 0 Å². The van der Waals surface area contributed by atoms with E-state index in [4.69, 9.17) is 0 Å². The molecule has 0 aromatic rings. The zero-order valence-electron chi connectivity index (χ0n) is 14.0. The second kappa shape index (κ2) is 3.94. The molecule has 1 saturated carbocycles. The van der Waals surface area contributed by atoms with Gasteiger partial charge in [0.2, 0.25) is 0 Å². The van der Waals surface area contributed by atoms with E-state index in [0.29, 0.717) is 0 Å². The molecule has 2 unspecified atom stereocenters. The summed E-state index contributed by atoms with van der Waals surface area (Å²) in [5.41, 5.74) is -5.24. The Bertz CT molecular complexity index is 755. The van der Waals surface area contributed by atoms with E-state index in [1.54, 1.807) is 37.7 Å². The molecule has 0 amide bonds. The smallest absolute Gasteiger partial charge is 0.368 e. The van der Waals surface area contributed by atoms with Gasteiger partial charge in [0, 0.05) is 37.6 Å². The highest BCUT2D eigenvalue weighted by atomic mass is 19.3. The minimum absolute atomic E-state index is 0.186. The fraction of sp³-hybridized carbons (Fsp3) is 0.529. The van der Waals surface area contributed by atoms with Crippen molar-refractivity contribution in [2.24, 2.45) is 0 Å². The Kier molecular flexibility index (Phi) is 2.61. The molecule has 25 heavy (non-hydrogen) atoms. The first-order valence-corrected chi connectivity index (χ1v) is 7.74. The SMILES string of the molecule is CN1C=CC2=C3C(=C4C=CN(C)C4(C)C21C)C(F)(F)C(F)(F)C3(F)F. The number of halogens is 6. The zero-order chi connectivity index (χ0) is 18.8. The van der Waals surface area contributed by atoms with Gasteiger partial charge in [-0.3, -0.25) is 0 Å². The van der Waals surface area contributed by atoms with Crippen molar-refractivity contribution in [3.05, 3.63) is 46.8 Å². The van der Waals surface area contributed by atoms with Gasteiger partial charge in [0.15, 0.2) is 0 Å². The Morgan fingerprint density at radius 2 is 1.00 bits per heavy atom. The largest absolute Gasteiger partial charge is 0.380 e. The van der Waals surface area contributed by atoms with Crippen LogP contribution in [0.5, 0.6) is 0 Å². The van der Waals surface area contributed by atoms with Gasteiger partial charge in [0.05, 0.1) is 11.1 Å². The van der Waals surface area contributed by atoms with Gasteiger partial charge in [0.1, 0.15) is 0 Å². The van der Waals surface area contributed by atoms with E-state index >= 15 is 0 Å². The van der Waals surface area contributed by atoms with Crippen molar-refractivity contribution in [2.45, 2.75) is 42.7 Å². The van der Waals surface area contributed by atoms with Crippen LogP contribution in [0.4, 0.5) is 26.3 Å². The summed E-state index contributed by atoms with van der Waals surface area (Å²) in [5.74, 6) is -15.4. The first-order valence-electron chi connectivity index (χ1n) is 7.74. The molecule has 4 aliphatic rings. The predicted octanol–water partition coefficient (Wildman–Crippen LogP) is 3.95. The normalized spacial score (nSPS) is 39.3. The minimum Gasteiger partial charge on any atom is -0.368 e. The fourth-order valence-corrected chi connectivity index (χ4v) is 4.67. The summed E-state index contributed by atoms with van der Waals surface area (Å²) < 4.78 is 86.5. The van der Waals surface area contributed by atoms with Gasteiger partial charge in [-0.1, -0.05) is 0 Å². The zero-order valence-corrected chi connectivity index (χ0v) is 14.0. The highest BCUT2D eigenvalue weighted by Gasteiger charge is 2.84. The highest BCUT2D eigenvalue weighted by molar-refractivity contribution is 5.71. The first kappa shape index (κ1) is 16.6. The predicted molar refractivity (Wildman–Crippen MR) is 79.5 cm³/mol. The molecule has 1 fully saturated rings. The number of nitrogens with zero attached hydrogens (tertiary/aromatic N) is 2. The van der Waals surface area contributed by atoms with Gasteiger partial charge < -0.3 is 9.80 Å². The number of hydrogen-bond donors (Lipinski definition) is 0. The lowest BCUT2D eigenvalue weighted by atomic mass is 9.63. The maximum absolute atomic E-state index is 14.6. The summed E-state index contributed by atoms with van der Waals surface area (Å²) in [7, 11) is 3.24. The fourth-order valence-electron chi connectivity index (χ4n) is 4.67. The molecule has 2 atom stereocenters. The maximum Gasteiger partial charge on any atom is 0.380 e. The van der Waals surface area contributed by atoms with Crippen LogP contribution in [0.2, 0.25) is 0 Å². The average Bonchev–Trinajstić information content (AvgIpc) is 3.00. The van der Waals surface area contributed by atoms with Crippen LogP contribution >= 0.6 is 0 Å². The lowest BCUT2D eigenvalue weighted by molar-refractivity contribution is -0.258. The van der Waals surface area contributed by atoms with E-state index < -0.39 is 40.0 Å². The van der Waals surface area contributed by atoms with E-state index in [9.17, 15) is 26.3 Å². The van der Waals surface area contributed by atoms with E-state index in [0.717, 1.165) is 0 Å². The number of alkyl halides is 6. The van der Waals surface area contributed by atoms with Crippen molar-refractivity contribution < 1.29 is 26.3 Å². The Labute approximate surface area is 140 Å². The van der Waals surface area contributed by atoms with Crippen LogP contribution in [-0.2, 0) is 0 Å². The second-order valence-electron chi connectivity index (χ2n) is 7.30. The van der Waals surface area contributed by atoms with Crippen molar-refractivity contribution in [1.82, 2.24) is 9.80 Å². The standard InChI is InChI=1S/C17H16F6N2/c1-13-9(5-7-24(13)3)11-12(10-6-8-25(4)14(10,13)2)16(20,21)17(22,23)15(11,18)19/h5-8H,1-4H3. The van der Waals surface area contributed by atoms with Crippen molar-refractivity contribution in [1.29, 1.82) is 0 Å². The summed E-state index contributed by atoms with van der Waals surface area (Å²) in [6, 6.07) is 0. The van der Waals surface area contributed by atoms with Gasteiger partial charge in [0.25, 0.3) is 0 Å². The van der Waals surface area contributed by atoms with Crippen LogP contribution < -0.4 is 0 Å². The number of allylic oxidation sites excluding steroid dienone is 2. The molecule has 0 saturated heterocycles. The molecule has 0 aromatic carbocycles. The molecule has 2 aliphatic heterocycles. The van der Waals surface area contributed by atoms with Gasteiger partial charge >= 0.3 is 17.8 Å². The summed E-state index contributed by atoms with van der Waals surface area (Å²) in [4.78, 5) is 3.22. The Morgan fingerprint density at radius 1 is 0.680 bits per heavy atom.